The van der Waals surface area contributed by atoms with Gasteiger partial charge in [0.15, 0.2) is 0 Å². The molecule has 28 heavy (non-hydrogen) atoms. The van der Waals surface area contributed by atoms with E-state index in [1.165, 1.54) is 12.0 Å². The Bertz CT molecular complexity index is 853. The lowest BCUT2D eigenvalue weighted by Gasteiger charge is -2.34. The molecule has 146 valence electrons. The summed E-state index contributed by atoms with van der Waals surface area (Å²) in [5.74, 6) is -0.840. The molecular weight excluding hydrogens is 360 g/mol. The molecule has 1 fully saturated rings. The van der Waals surface area contributed by atoms with Crippen LogP contribution in [-0.2, 0) is 20.9 Å². The quantitative estimate of drug-likeness (QED) is 0.770. The first-order chi connectivity index (χ1) is 13.6. The molecule has 3 rings (SSSR count). The van der Waals surface area contributed by atoms with Gasteiger partial charge < -0.3 is 19.7 Å². The molecule has 1 heterocycles. The predicted octanol–water partition coefficient (Wildman–Crippen LogP) is 1.77. The van der Waals surface area contributed by atoms with E-state index in [0.717, 1.165) is 5.56 Å². The molecule has 0 saturated carbocycles. The second-order valence-electron chi connectivity index (χ2n) is 6.36. The number of carbonyl (C=O) groups is 3. The van der Waals surface area contributed by atoms with E-state index >= 15 is 0 Å². The minimum Gasteiger partial charge on any atom is -0.488 e. The lowest BCUT2D eigenvalue weighted by atomic mass is 10.1. The standard InChI is InChI=1S/C21H22N2O5/c1-27-19(24)13-17-20(25)22-11-12-23(17)21(26)16-9-5-6-10-18(16)28-14-15-7-3-2-4-8-15/h2-10,17H,11-14H2,1H3,(H,22,25)/t17-/m0/s1. The first-order valence-electron chi connectivity index (χ1n) is 9.01. The zero-order chi connectivity index (χ0) is 19.9. The van der Waals surface area contributed by atoms with Crippen LogP contribution in [0.1, 0.15) is 22.3 Å². The fraction of sp³-hybridized carbons (Fsp3) is 0.286. The summed E-state index contributed by atoms with van der Waals surface area (Å²) in [5.41, 5.74) is 1.33. The van der Waals surface area contributed by atoms with E-state index in [0.29, 0.717) is 31.0 Å². The van der Waals surface area contributed by atoms with Gasteiger partial charge >= 0.3 is 5.97 Å². The molecule has 1 N–H and O–H groups in total. The third-order valence-corrected chi connectivity index (χ3v) is 4.53. The molecule has 2 aromatic rings. The van der Waals surface area contributed by atoms with Crippen molar-refractivity contribution in [1.82, 2.24) is 10.2 Å². The molecule has 7 heteroatoms. The Balaban J connectivity index is 1.80. The molecule has 7 nitrogen and oxygen atoms in total. The van der Waals surface area contributed by atoms with E-state index in [9.17, 15) is 14.4 Å². The largest absolute Gasteiger partial charge is 0.488 e. The van der Waals surface area contributed by atoms with Crippen molar-refractivity contribution in [2.75, 3.05) is 20.2 Å². The normalized spacial score (nSPS) is 16.2. The highest BCUT2D eigenvalue weighted by atomic mass is 16.5. The van der Waals surface area contributed by atoms with Gasteiger partial charge in [0.25, 0.3) is 5.91 Å². The average molecular weight is 382 g/mol. The zero-order valence-electron chi connectivity index (χ0n) is 15.6. The van der Waals surface area contributed by atoms with E-state index in [1.807, 2.05) is 30.3 Å². The molecule has 2 amide bonds. The summed E-state index contributed by atoms with van der Waals surface area (Å²) in [7, 11) is 1.25. The van der Waals surface area contributed by atoms with E-state index in [4.69, 9.17) is 4.74 Å². The molecule has 0 spiro atoms. The van der Waals surface area contributed by atoms with Gasteiger partial charge in [-0.05, 0) is 17.7 Å². The first-order valence-corrected chi connectivity index (χ1v) is 9.01. The van der Waals surface area contributed by atoms with Crippen molar-refractivity contribution in [2.45, 2.75) is 19.1 Å². The van der Waals surface area contributed by atoms with Gasteiger partial charge in [0, 0.05) is 13.1 Å². The van der Waals surface area contributed by atoms with Crippen LogP contribution < -0.4 is 10.1 Å². The maximum Gasteiger partial charge on any atom is 0.308 e. The average Bonchev–Trinajstić information content (AvgIpc) is 2.74. The summed E-state index contributed by atoms with van der Waals surface area (Å²) in [6.45, 7) is 0.950. The van der Waals surface area contributed by atoms with Crippen molar-refractivity contribution in [2.24, 2.45) is 0 Å². The molecule has 0 aromatic heterocycles. The molecule has 0 aliphatic carbocycles. The summed E-state index contributed by atoms with van der Waals surface area (Å²) in [4.78, 5) is 38.5. The van der Waals surface area contributed by atoms with Gasteiger partial charge in [0.1, 0.15) is 18.4 Å². The number of esters is 1. The zero-order valence-corrected chi connectivity index (χ0v) is 15.6. The molecular formula is C21H22N2O5. The summed E-state index contributed by atoms with van der Waals surface area (Å²) >= 11 is 0. The Morgan fingerprint density at radius 1 is 1.11 bits per heavy atom. The van der Waals surface area contributed by atoms with Gasteiger partial charge in [-0.2, -0.15) is 0 Å². The Morgan fingerprint density at radius 2 is 1.82 bits per heavy atom. The number of rotatable bonds is 6. The fourth-order valence-electron chi connectivity index (χ4n) is 3.06. The molecule has 0 radical (unpaired) electrons. The minimum atomic E-state index is -0.907. The van der Waals surface area contributed by atoms with Crippen LogP contribution >= 0.6 is 0 Å². The van der Waals surface area contributed by atoms with Crippen molar-refractivity contribution in [3.05, 3.63) is 65.7 Å². The molecule has 1 aliphatic rings. The number of nitrogens with one attached hydrogen (secondary N) is 1. The summed E-state index contributed by atoms with van der Waals surface area (Å²) in [5, 5.41) is 2.69. The molecule has 1 aliphatic heterocycles. The molecule has 1 saturated heterocycles. The maximum atomic E-state index is 13.2. The topological polar surface area (TPSA) is 84.9 Å². The highest BCUT2D eigenvalue weighted by Crippen LogP contribution is 2.23. The van der Waals surface area contributed by atoms with Crippen LogP contribution in [0.2, 0.25) is 0 Å². The Labute approximate surface area is 163 Å². The smallest absolute Gasteiger partial charge is 0.308 e. The Kier molecular flexibility index (Phi) is 6.26. The number of ether oxygens (including phenoxy) is 2. The van der Waals surface area contributed by atoms with E-state index in [-0.39, 0.29) is 18.2 Å². The predicted molar refractivity (Wildman–Crippen MR) is 102 cm³/mol. The van der Waals surface area contributed by atoms with Crippen LogP contribution in [0.3, 0.4) is 0 Å². The van der Waals surface area contributed by atoms with Gasteiger partial charge in [-0.1, -0.05) is 42.5 Å². The van der Waals surface area contributed by atoms with Crippen LogP contribution in [0.15, 0.2) is 54.6 Å². The number of benzene rings is 2. The molecule has 0 unspecified atom stereocenters. The van der Waals surface area contributed by atoms with Crippen LogP contribution in [0.5, 0.6) is 5.75 Å². The number of carbonyl (C=O) groups excluding carboxylic acids is 3. The van der Waals surface area contributed by atoms with Crippen LogP contribution in [-0.4, -0.2) is 48.9 Å². The highest BCUT2D eigenvalue weighted by molar-refractivity contribution is 6.01. The van der Waals surface area contributed by atoms with Gasteiger partial charge in [-0.25, -0.2) is 0 Å². The van der Waals surface area contributed by atoms with Crippen molar-refractivity contribution >= 4 is 17.8 Å². The van der Waals surface area contributed by atoms with Gasteiger partial charge in [-0.3, -0.25) is 14.4 Å². The van der Waals surface area contributed by atoms with E-state index in [1.54, 1.807) is 24.3 Å². The molecule has 0 bridgehead atoms. The summed E-state index contributed by atoms with van der Waals surface area (Å²) in [6.07, 6.45) is -0.193. The van der Waals surface area contributed by atoms with Crippen molar-refractivity contribution in [3.8, 4) is 5.75 Å². The lowest BCUT2D eigenvalue weighted by Crippen LogP contribution is -2.57. The number of methoxy groups -OCH3 is 1. The minimum absolute atomic E-state index is 0.193. The molecule has 1 atom stereocenters. The Morgan fingerprint density at radius 3 is 2.57 bits per heavy atom. The third kappa shape index (κ3) is 4.49. The number of amides is 2. The van der Waals surface area contributed by atoms with Crippen LogP contribution in [0, 0.1) is 0 Å². The number of hydrogen-bond acceptors (Lipinski definition) is 5. The first kappa shape index (κ1) is 19.4. The summed E-state index contributed by atoms with van der Waals surface area (Å²) in [6, 6.07) is 15.6. The summed E-state index contributed by atoms with van der Waals surface area (Å²) < 4.78 is 10.5. The third-order valence-electron chi connectivity index (χ3n) is 4.53. The number of piperazine rings is 1. The van der Waals surface area contributed by atoms with Gasteiger partial charge in [0.2, 0.25) is 5.91 Å². The second-order valence-corrected chi connectivity index (χ2v) is 6.36. The lowest BCUT2D eigenvalue weighted by molar-refractivity contribution is -0.145. The fourth-order valence-corrected chi connectivity index (χ4v) is 3.06. The highest BCUT2D eigenvalue weighted by Gasteiger charge is 2.36. The van der Waals surface area contributed by atoms with Crippen LogP contribution in [0.25, 0.3) is 0 Å². The number of hydrogen-bond donors (Lipinski definition) is 1. The molecule has 2 aromatic carbocycles. The van der Waals surface area contributed by atoms with E-state index in [2.05, 4.69) is 10.1 Å². The maximum absolute atomic E-state index is 13.2. The SMILES string of the molecule is COC(=O)C[C@H]1C(=O)NCCN1C(=O)c1ccccc1OCc1ccccc1. The second kappa shape index (κ2) is 9.03. The van der Waals surface area contributed by atoms with Crippen molar-refractivity contribution < 1.29 is 23.9 Å². The number of para-hydroxylation sites is 1. The van der Waals surface area contributed by atoms with Crippen molar-refractivity contribution in [3.63, 3.8) is 0 Å². The van der Waals surface area contributed by atoms with E-state index < -0.39 is 12.0 Å². The van der Waals surface area contributed by atoms with Gasteiger partial charge in [-0.15, -0.1) is 0 Å². The van der Waals surface area contributed by atoms with Crippen LogP contribution in [0.4, 0.5) is 0 Å². The van der Waals surface area contributed by atoms with Gasteiger partial charge in [0.05, 0.1) is 19.1 Å². The Hall–Kier alpha value is -3.35. The number of nitrogens with zero attached hydrogens (tertiary/aromatic N) is 1. The monoisotopic (exact) mass is 382 g/mol. The van der Waals surface area contributed by atoms with Crippen molar-refractivity contribution in [1.29, 1.82) is 0 Å².